The number of nitrogens with one attached hydrogen (secondary N) is 1. The number of hydrogen-bond acceptors (Lipinski definition) is 6. The Labute approximate surface area is 152 Å². The van der Waals surface area contributed by atoms with Gasteiger partial charge in [0.15, 0.2) is 12.4 Å². The highest BCUT2D eigenvalue weighted by atomic mass is 35.5. The molecule has 2 aromatic heterocycles. The number of ether oxygens (including phenoxy) is 1. The average molecular weight is 383 g/mol. The van der Waals surface area contributed by atoms with Gasteiger partial charge in [-0.2, -0.15) is 0 Å². The lowest BCUT2D eigenvalue weighted by molar-refractivity contribution is -0.148. The minimum Gasteiger partial charge on any atom is -0.456 e. The van der Waals surface area contributed by atoms with Crippen LogP contribution in [0.3, 0.4) is 0 Å². The quantitative estimate of drug-likeness (QED) is 0.585. The van der Waals surface area contributed by atoms with Gasteiger partial charge in [0.05, 0.1) is 15.6 Å². The van der Waals surface area contributed by atoms with E-state index in [0.717, 1.165) is 11.3 Å². The molecule has 0 aromatic carbocycles. The first-order chi connectivity index (χ1) is 11.9. The van der Waals surface area contributed by atoms with Crippen LogP contribution in [0.2, 0.25) is 4.34 Å². The lowest BCUT2D eigenvalue weighted by Gasteiger charge is -2.06. The van der Waals surface area contributed by atoms with Crippen LogP contribution >= 0.6 is 22.9 Å². The zero-order chi connectivity index (χ0) is 18.4. The van der Waals surface area contributed by atoms with E-state index < -0.39 is 24.4 Å². The number of imide groups is 1. The normalized spacial score (nSPS) is 10.3. The van der Waals surface area contributed by atoms with Crippen LogP contribution in [0, 0.1) is 0 Å². The predicted octanol–water partition coefficient (Wildman–Crippen LogP) is 2.20. The Balaban J connectivity index is 1.70. The maximum atomic E-state index is 11.8. The molecular formula is C16H15ClN2O5S. The summed E-state index contributed by atoms with van der Waals surface area (Å²) in [5, 5.41) is 2.12. The predicted molar refractivity (Wildman–Crippen MR) is 91.7 cm³/mol. The number of halogens is 1. The van der Waals surface area contributed by atoms with E-state index in [2.05, 4.69) is 5.32 Å². The fraction of sp³-hybridized carbons (Fsp3) is 0.250. The van der Waals surface area contributed by atoms with E-state index in [1.54, 1.807) is 42.1 Å². The van der Waals surface area contributed by atoms with Crippen LogP contribution in [0.15, 0.2) is 30.5 Å². The highest BCUT2D eigenvalue weighted by molar-refractivity contribution is 7.18. The SMILES string of the molecule is Cn1cccc1C(=O)NC(=O)COC(=O)CCC(=O)c1ccc(Cl)s1. The number of Topliss-reactive ketones (excluding diaryl/α,β-unsaturated/α-hetero) is 1. The van der Waals surface area contributed by atoms with Crippen molar-refractivity contribution in [3.8, 4) is 0 Å². The molecule has 0 spiro atoms. The van der Waals surface area contributed by atoms with Gasteiger partial charge in [0.2, 0.25) is 0 Å². The smallest absolute Gasteiger partial charge is 0.306 e. The highest BCUT2D eigenvalue weighted by Crippen LogP contribution is 2.22. The Kier molecular flexibility index (Phi) is 6.49. The topological polar surface area (TPSA) is 94.5 Å². The third-order valence-corrected chi connectivity index (χ3v) is 4.47. The minimum absolute atomic E-state index is 0.0421. The molecule has 2 amide bonds. The summed E-state index contributed by atoms with van der Waals surface area (Å²) < 4.78 is 6.80. The van der Waals surface area contributed by atoms with E-state index in [9.17, 15) is 19.2 Å². The van der Waals surface area contributed by atoms with E-state index in [1.165, 1.54) is 0 Å². The van der Waals surface area contributed by atoms with Gasteiger partial charge in [0.25, 0.3) is 11.8 Å². The summed E-state index contributed by atoms with van der Waals surface area (Å²) in [6.07, 6.45) is 1.46. The van der Waals surface area contributed by atoms with Gasteiger partial charge in [0, 0.05) is 19.7 Å². The zero-order valence-corrected chi connectivity index (χ0v) is 14.9. The number of aromatic nitrogens is 1. The first-order valence-corrected chi connectivity index (χ1v) is 8.46. The maximum absolute atomic E-state index is 11.8. The number of nitrogens with zero attached hydrogens (tertiary/aromatic N) is 1. The molecule has 0 saturated heterocycles. The molecule has 0 bridgehead atoms. The van der Waals surface area contributed by atoms with Crippen molar-refractivity contribution in [2.24, 2.45) is 7.05 Å². The average Bonchev–Trinajstić information content (AvgIpc) is 3.19. The number of hydrogen-bond donors (Lipinski definition) is 1. The molecule has 0 aliphatic carbocycles. The molecule has 9 heteroatoms. The summed E-state index contributed by atoms with van der Waals surface area (Å²) in [6, 6.07) is 6.41. The van der Waals surface area contributed by atoms with Crippen LogP contribution < -0.4 is 5.32 Å². The molecule has 0 aliphatic heterocycles. The van der Waals surface area contributed by atoms with E-state index >= 15 is 0 Å². The molecule has 0 radical (unpaired) electrons. The number of thiophene rings is 1. The van der Waals surface area contributed by atoms with Crippen molar-refractivity contribution >= 4 is 46.5 Å². The minimum atomic E-state index is -0.740. The van der Waals surface area contributed by atoms with Crippen LogP contribution in [-0.4, -0.2) is 34.7 Å². The Morgan fingerprint density at radius 3 is 2.56 bits per heavy atom. The van der Waals surface area contributed by atoms with Crippen molar-refractivity contribution in [2.45, 2.75) is 12.8 Å². The van der Waals surface area contributed by atoms with Crippen molar-refractivity contribution in [3.63, 3.8) is 0 Å². The van der Waals surface area contributed by atoms with Crippen molar-refractivity contribution in [1.82, 2.24) is 9.88 Å². The molecule has 132 valence electrons. The van der Waals surface area contributed by atoms with Gasteiger partial charge < -0.3 is 9.30 Å². The van der Waals surface area contributed by atoms with E-state index in [0.29, 0.717) is 14.9 Å². The van der Waals surface area contributed by atoms with Gasteiger partial charge >= 0.3 is 5.97 Å². The van der Waals surface area contributed by atoms with Crippen LogP contribution in [0.4, 0.5) is 0 Å². The lowest BCUT2D eigenvalue weighted by atomic mass is 10.2. The molecule has 2 aromatic rings. The van der Waals surface area contributed by atoms with Crippen molar-refractivity contribution < 1.29 is 23.9 Å². The summed E-state index contributed by atoms with van der Waals surface area (Å²) in [7, 11) is 1.66. The van der Waals surface area contributed by atoms with Gasteiger partial charge in [-0.25, -0.2) is 0 Å². The fourth-order valence-electron chi connectivity index (χ4n) is 1.94. The Morgan fingerprint density at radius 2 is 1.96 bits per heavy atom. The summed E-state index contributed by atoms with van der Waals surface area (Å²) in [5.41, 5.74) is 0.305. The zero-order valence-electron chi connectivity index (χ0n) is 13.3. The molecular weight excluding hydrogens is 368 g/mol. The second kappa shape index (κ2) is 8.59. The van der Waals surface area contributed by atoms with Gasteiger partial charge in [-0.3, -0.25) is 24.5 Å². The van der Waals surface area contributed by atoms with Gasteiger partial charge in [0.1, 0.15) is 5.69 Å². The largest absolute Gasteiger partial charge is 0.456 e. The molecule has 2 rings (SSSR count). The highest BCUT2D eigenvalue weighted by Gasteiger charge is 2.16. The molecule has 0 aliphatic rings. The van der Waals surface area contributed by atoms with Gasteiger partial charge in [-0.05, 0) is 24.3 Å². The number of esters is 1. The number of rotatable bonds is 7. The number of aryl methyl sites for hydroxylation is 1. The molecule has 0 saturated carbocycles. The van der Waals surface area contributed by atoms with Crippen LogP contribution in [0.25, 0.3) is 0 Å². The number of ketones is 1. The van der Waals surface area contributed by atoms with Crippen molar-refractivity contribution in [1.29, 1.82) is 0 Å². The van der Waals surface area contributed by atoms with E-state index in [-0.39, 0.29) is 18.6 Å². The van der Waals surface area contributed by atoms with Crippen LogP contribution in [-0.2, 0) is 21.4 Å². The second-order valence-electron chi connectivity index (χ2n) is 5.07. The first kappa shape index (κ1) is 18.9. The molecule has 1 N–H and O–H groups in total. The molecule has 25 heavy (non-hydrogen) atoms. The molecule has 7 nitrogen and oxygen atoms in total. The van der Waals surface area contributed by atoms with Crippen molar-refractivity contribution in [2.75, 3.05) is 6.61 Å². The Hall–Kier alpha value is -2.45. The van der Waals surface area contributed by atoms with Crippen molar-refractivity contribution in [3.05, 3.63) is 45.4 Å². The standard InChI is InChI=1S/C16H15ClN2O5S/c1-19-8-2-3-10(19)16(23)18-14(21)9-24-15(22)7-4-11(20)12-5-6-13(17)25-12/h2-3,5-6,8H,4,7,9H2,1H3,(H,18,21,23). The van der Waals surface area contributed by atoms with Gasteiger partial charge in [-0.1, -0.05) is 11.6 Å². The fourth-order valence-corrected chi connectivity index (χ4v) is 2.96. The Morgan fingerprint density at radius 1 is 1.20 bits per heavy atom. The van der Waals surface area contributed by atoms with E-state index in [1.807, 2.05) is 0 Å². The summed E-state index contributed by atoms with van der Waals surface area (Å²) in [6.45, 7) is -0.589. The first-order valence-electron chi connectivity index (χ1n) is 7.26. The third kappa shape index (κ3) is 5.54. The van der Waals surface area contributed by atoms with Gasteiger partial charge in [-0.15, -0.1) is 11.3 Å². The lowest BCUT2D eigenvalue weighted by Crippen LogP contribution is -2.35. The van der Waals surface area contributed by atoms with Crippen LogP contribution in [0.5, 0.6) is 0 Å². The van der Waals surface area contributed by atoms with Crippen LogP contribution in [0.1, 0.15) is 33.0 Å². The Bertz CT molecular complexity index is 811. The molecule has 0 fully saturated rings. The number of carbonyl (C=O) groups excluding carboxylic acids is 4. The third-order valence-electron chi connectivity index (χ3n) is 3.20. The number of carbonyl (C=O) groups is 4. The summed E-state index contributed by atoms with van der Waals surface area (Å²) >= 11 is 6.87. The molecule has 2 heterocycles. The van der Waals surface area contributed by atoms with E-state index in [4.69, 9.17) is 16.3 Å². The summed E-state index contributed by atoms with van der Waals surface area (Å²) in [5.74, 6) is -2.25. The number of amides is 2. The maximum Gasteiger partial charge on any atom is 0.306 e. The monoisotopic (exact) mass is 382 g/mol. The molecule has 0 unspecified atom stereocenters. The second-order valence-corrected chi connectivity index (χ2v) is 6.78. The molecule has 0 atom stereocenters. The summed E-state index contributed by atoms with van der Waals surface area (Å²) in [4.78, 5) is 47.3.